The summed E-state index contributed by atoms with van der Waals surface area (Å²) in [4.78, 5) is 11.0. The Bertz CT molecular complexity index is 397. The quantitative estimate of drug-likeness (QED) is 0.712. The SMILES string of the molecule is COC(=O)CCCS(=O)(=O)N1CCC(C)CC1CN. The van der Waals surface area contributed by atoms with E-state index >= 15 is 0 Å². The van der Waals surface area contributed by atoms with E-state index in [2.05, 4.69) is 11.7 Å². The molecule has 1 rings (SSSR count). The molecule has 6 nitrogen and oxygen atoms in total. The molecule has 7 heteroatoms. The summed E-state index contributed by atoms with van der Waals surface area (Å²) in [6.45, 7) is 2.99. The number of nitrogens with two attached hydrogens (primary N) is 1. The normalized spacial score (nSPS) is 25.2. The molecule has 0 spiro atoms. The number of hydrogen-bond donors (Lipinski definition) is 1. The highest BCUT2D eigenvalue weighted by Crippen LogP contribution is 2.25. The van der Waals surface area contributed by atoms with Gasteiger partial charge in [-0.05, 0) is 25.2 Å². The van der Waals surface area contributed by atoms with Gasteiger partial charge in [-0.15, -0.1) is 0 Å². The lowest BCUT2D eigenvalue weighted by Gasteiger charge is -2.36. The molecule has 2 N–H and O–H groups in total. The molecule has 0 amide bonds. The summed E-state index contributed by atoms with van der Waals surface area (Å²) in [6.07, 6.45) is 2.10. The Balaban J connectivity index is 2.58. The van der Waals surface area contributed by atoms with Crippen molar-refractivity contribution < 1.29 is 17.9 Å². The number of rotatable bonds is 6. The van der Waals surface area contributed by atoms with Crippen LogP contribution in [0.4, 0.5) is 0 Å². The smallest absolute Gasteiger partial charge is 0.305 e. The average Bonchev–Trinajstić information content (AvgIpc) is 2.37. The molecule has 1 aliphatic heterocycles. The van der Waals surface area contributed by atoms with Crippen molar-refractivity contribution >= 4 is 16.0 Å². The molecule has 0 aromatic carbocycles. The molecule has 0 aliphatic carbocycles. The molecular formula is C12H24N2O4S. The highest BCUT2D eigenvalue weighted by molar-refractivity contribution is 7.89. The summed E-state index contributed by atoms with van der Waals surface area (Å²) in [5.74, 6) is 0.111. The Morgan fingerprint density at radius 2 is 2.16 bits per heavy atom. The Morgan fingerprint density at radius 1 is 1.47 bits per heavy atom. The van der Waals surface area contributed by atoms with Crippen LogP contribution in [0.5, 0.6) is 0 Å². The molecule has 0 saturated carbocycles. The molecule has 1 heterocycles. The number of methoxy groups -OCH3 is 1. The predicted molar refractivity (Wildman–Crippen MR) is 73.0 cm³/mol. The molecule has 0 aromatic rings. The first-order chi connectivity index (χ1) is 8.90. The minimum absolute atomic E-state index is 0.0209. The zero-order valence-corrected chi connectivity index (χ0v) is 12.5. The molecule has 19 heavy (non-hydrogen) atoms. The van der Waals surface area contributed by atoms with E-state index in [1.807, 2.05) is 0 Å². The van der Waals surface area contributed by atoms with Crippen molar-refractivity contribution in [1.82, 2.24) is 4.31 Å². The van der Waals surface area contributed by atoms with Gasteiger partial charge in [-0.1, -0.05) is 6.92 Å². The van der Waals surface area contributed by atoms with E-state index in [0.717, 1.165) is 12.8 Å². The van der Waals surface area contributed by atoms with Crippen molar-refractivity contribution in [1.29, 1.82) is 0 Å². The lowest BCUT2D eigenvalue weighted by atomic mass is 9.94. The largest absolute Gasteiger partial charge is 0.469 e. The second-order valence-corrected chi connectivity index (χ2v) is 7.17. The van der Waals surface area contributed by atoms with Crippen molar-refractivity contribution in [2.24, 2.45) is 11.7 Å². The van der Waals surface area contributed by atoms with Gasteiger partial charge in [-0.2, -0.15) is 4.31 Å². The number of piperidine rings is 1. The topological polar surface area (TPSA) is 89.7 Å². The summed E-state index contributed by atoms with van der Waals surface area (Å²) in [7, 11) is -2.03. The van der Waals surface area contributed by atoms with Crippen molar-refractivity contribution in [3.8, 4) is 0 Å². The molecular weight excluding hydrogens is 268 g/mol. The van der Waals surface area contributed by atoms with Gasteiger partial charge in [0.2, 0.25) is 10.0 Å². The van der Waals surface area contributed by atoms with Crippen molar-refractivity contribution in [3.63, 3.8) is 0 Å². The van der Waals surface area contributed by atoms with Gasteiger partial charge < -0.3 is 10.5 Å². The minimum atomic E-state index is -3.33. The van der Waals surface area contributed by atoms with E-state index in [0.29, 0.717) is 25.4 Å². The molecule has 0 bridgehead atoms. The van der Waals surface area contributed by atoms with Crippen LogP contribution >= 0.6 is 0 Å². The molecule has 2 unspecified atom stereocenters. The third-order valence-corrected chi connectivity index (χ3v) is 5.56. The fraction of sp³-hybridized carbons (Fsp3) is 0.917. The van der Waals surface area contributed by atoms with Gasteiger partial charge in [-0.25, -0.2) is 8.42 Å². The fourth-order valence-electron chi connectivity index (χ4n) is 2.43. The first-order valence-electron chi connectivity index (χ1n) is 6.67. The van der Waals surface area contributed by atoms with Gasteiger partial charge in [0.15, 0.2) is 0 Å². The molecule has 2 atom stereocenters. The Hall–Kier alpha value is -0.660. The number of ether oxygens (including phenoxy) is 1. The lowest BCUT2D eigenvalue weighted by Crippen LogP contribution is -2.49. The van der Waals surface area contributed by atoms with Gasteiger partial charge in [0, 0.05) is 25.6 Å². The van der Waals surface area contributed by atoms with E-state index < -0.39 is 10.0 Å². The highest BCUT2D eigenvalue weighted by atomic mass is 32.2. The Kier molecular flexibility index (Phi) is 6.22. The maximum absolute atomic E-state index is 12.2. The van der Waals surface area contributed by atoms with Crippen LogP contribution < -0.4 is 5.73 Å². The van der Waals surface area contributed by atoms with Crippen LogP contribution in [-0.4, -0.2) is 50.7 Å². The molecule has 1 fully saturated rings. The third-order valence-electron chi connectivity index (χ3n) is 3.56. The lowest BCUT2D eigenvalue weighted by molar-refractivity contribution is -0.140. The van der Waals surface area contributed by atoms with Gasteiger partial charge >= 0.3 is 5.97 Å². The van der Waals surface area contributed by atoms with Crippen LogP contribution in [-0.2, 0) is 19.6 Å². The summed E-state index contributed by atoms with van der Waals surface area (Å²) >= 11 is 0. The maximum Gasteiger partial charge on any atom is 0.305 e. The second kappa shape index (κ2) is 7.21. The molecule has 0 aromatic heterocycles. The number of hydrogen-bond acceptors (Lipinski definition) is 5. The molecule has 112 valence electrons. The van der Waals surface area contributed by atoms with Gasteiger partial charge in [0.25, 0.3) is 0 Å². The standard InChI is InChI=1S/C12H24N2O4S/c1-10-5-6-14(11(8-10)9-13)19(16,17)7-3-4-12(15)18-2/h10-11H,3-9,13H2,1-2H3. The Morgan fingerprint density at radius 3 is 2.74 bits per heavy atom. The summed E-state index contributed by atoms with van der Waals surface area (Å²) < 4.78 is 30.5. The van der Waals surface area contributed by atoms with Crippen molar-refractivity contribution in [2.75, 3.05) is 26.0 Å². The van der Waals surface area contributed by atoms with Crippen LogP contribution in [0.25, 0.3) is 0 Å². The van der Waals surface area contributed by atoms with E-state index in [1.165, 1.54) is 11.4 Å². The minimum Gasteiger partial charge on any atom is -0.469 e. The first kappa shape index (κ1) is 16.4. The van der Waals surface area contributed by atoms with Crippen molar-refractivity contribution in [3.05, 3.63) is 0 Å². The number of esters is 1. The average molecular weight is 292 g/mol. The third kappa shape index (κ3) is 4.74. The fourth-order valence-corrected chi connectivity index (χ4v) is 4.18. The highest BCUT2D eigenvalue weighted by Gasteiger charge is 2.33. The van der Waals surface area contributed by atoms with E-state index in [1.54, 1.807) is 0 Å². The van der Waals surface area contributed by atoms with Crippen LogP contribution in [0.15, 0.2) is 0 Å². The van der Waals surface area contributed by atoms with Gasteiger partial charge in [0.1, 0.15) is 0 Å². The zero-order chi connectivity index (χ0) is 14.5. The summed E-state index contributed by atoms with van der Waals surface area (Å²) in [6, 6.07) is -0.105. The maximum atomic E-state index is 12.2. The summed E-state index contributed by atoms with van der Waals surface area (Å²) in [5, 5.41) is 0. The first-order valence-corrected chi connectivity index (χ1v) is 8.28. The van der Waals surface area contributed by atoms with Crippen LogP contribution in [0.1, 0.15) is 32.6 Å². The Labute approximate surface area is 115 Å². The predicted octanol–water partition coefficient (Wildman–Crippen LogP) is 0.329. The van der Waals surface area contributed by atoms with Gasteiger partial charge in [-0.3, -0.25) is 4.79 Å². The number of carbonyl (C=O) groups is 1. The van der Waals surface area contributed by atoms with E-state index in [4.69, 9.17) is 5.73 Å². The van der Waals surface area contributed by atoms with E-state index in [9.17, 15) is 13.2 Å². The summed E-state index contributed by atoms with van der Waals surface area (Å²) in [5.41, 5.74) is 5.67. The van der Waals surface area contributed by atoms with Crippen LogP contribution in [0.2, 0.25) is 0 Å². The monoisotopic (exact) mass is 292 g/mol. The number of nitrogens with zero attached hydrogens (tertiary/aromatic N) is 1. The number of carbonyl (C=O) groups excluding carboxylic acids is 1. The number of sulfonamides is 1. The molecule has 1 aliphatic rings. The van der Waals surface area contributed by atoms with Crippen molar-refractivity contribution in [2.45, 2.75) is 38.6 Å². The van der Waals surface area contributed by atoms with Crippen LogP contribution in [0.3, 0.4) is 0 Å². The van der Waals surface area contributed by atoms with Gasteiger partial charge in [0.05, 0.1) is 12.9 Å². The zero-order valence-electron chi connectivity index (χ0n) is 11.7. The van der Waals surface area contributed by atoms with Crippen LogP contribution in [0, 0.1) is 5.92 Å². The second-order valence-electron chi connectivity index (χ2n) is 5.13. The molecule has 1 saturated heterocycles. The molecule has 0 radical (unpaired) electrons. The van der Waals surface area contributed by atoms with E-state index in [-0.39, 0.29) is 24.2 Å².